The monoisotopic (exact) mass is 326 g/mol. The minimum Gasteiger partial charge on any atom is -0.393 e. The summed E-state index contributed by atoms with van der Waals surface area (Å²) in [5.41, 5.74) is 1.22. The van der Waals surface area contributed by atoms with Gasteiger partial charge in [0.2, 0.25) is 0 Å². The average molecular weight is 327 g/mol. The molecule has 0 radical (unpaired) electrons. The van der Waals surface area contributed by atoms with Crippen LogP contribution >= 0.6 is 15.9 Å². The third kappa shape index (κ3) is 8.43. The Kier molecular flexibility index (Phi) is 9.19. The molecule has 1 nitrogen and oxygen atoms in total. The Morgan fingerprint density at radius 1 is 0.947 bits per heavy atom. The van der Waals surface area contributed by atoms with Crippen LogP contribution < -0.4 is 0 Å². The SMILES string of the molecule is CCCCCCCCCC(O)Cc1ccc(Br)cc1. The molecule has 1 unspecified atom stereocenters. The van der Waals surface area contributed by atoms with Gasteiger partial charge in [-0.05, 0) is 30.5 Å². The molecule has 1 N–H and O–H groups in total. The van der Waals surface area contributed by atoms with E-state index in [-0.39, 0.29) is 6.10 Å². The van der Waals surface area contributed by atoms with Crippen LogP contribution in [0, 0.1) is 0 Å². The lowest BCUT2D eigenvalue weighted by atomic mass is 10.0. The quantitative estimate of drug-likeness (QED) is 0.563. The lowest BCUT2D eigenvalue weighted by Gasteiger charge is -2.10. The van der Waals surface area contributed by atoms with Crippen LogP contribution in [0.5, 0.6) is 0 Å². The maximum atomic E-state index is 10.0. The van der Waals surface area contributed by atoms with Crippen molar-refractivity contribution >= 4 is 15.9 Å². The van der Waals surface area contributed by atoms with Crippen molar-refractivity contribution in [2.75, 3.05) is 0 Å². The second-order valence-corrected chi connectivity index (χ2v) is 6.31. The van der Waals surface area contributed by atoms with Gasteiger partial charge >= 0.3 is 0 Å². The molecule has 2 heteroatoms. The molecule has 1 aromatic rings. The summed E-state index contributed by atoms with van der Waals surface area (Å²) in [4.78, 5) is 0. The second kappa shape index (κ2) is 10.4. The first kappa shape index (κ1) is 16.7. The van der Waals surface area contributed by atoms with Gasteiger partial charge in [0.05, 0.1) is 6.10 Å². The van der Waals surface area contributed by atoms with Gasteiger partial charge < -0.3 is 5.11 Å². The molecule has 0 spiro atoms. The van der Waals surface area contributed by atoms with Gasteiger partial charge in [0.25, 0.3) is 0 Å². The number of unbranched alkanes of at least 4 members (excludes halogenated alkanes) is 6. The summed E-state index contributed by atoms with van der Waals surface area (Å²) in [6.45, 7) is 2.25. The molecule has 0 saturated heterocycles. The maximum Gasteiger partial charge on any atom is 0.0580 e. The largest absolute Gasteiger partial charge is 0.393 e. The molecule has 0 amide bonds. The van der Waals surface area contributed by atoms with Gasteiger partial charge in [-0.1, -0.05) is 79.9 Å². The molecule has 108 valence electrons. The van der Waals surface area contributed by atoms with Crippen molar-refractivity contribution in [3.8, 4) is 0 Å². The number of aliphatic hydroxyl groups is 1. The van der Waals surface area contributed by atoms with Crippen LogP contribution in [-0.2, 0) is 6.42 Å². The van der Waals surface area contributed by atoms with E-state index in [9.17, 15) is 5.11 Å². The molecular formula is C17H27BrO. The van der Waals surface area contributed by atoms with Crippen LogP contribution in [0.15, 0.2) is 28.7 Å². The van der Waals surface area contributed by atoms with Crippen molar-refractivity contribution < 1.29 is 5.11 Å². The second-order valence-electron chi connectivity index (χ2n) is 5.39. The van der Waals surface area contributed by atoms with E-state index in [0.29, 0.717) is 0 Å². The fraction of sp³-hybridized carbons (Fsp3) is 0.647. The number of hydrogen-bond donors (Lipinski definition) is 1. The van der Waals surface area contributed by atoms with E-state index in [1.165, 1.54) is 44.1 Å². The van der Waals surface area contributed by atoms with Gasteiger partial charge in [0.1, 0.15) is 0 Å². The normalized spacial score (nSPS) is 12.6. The zero-order chi connectivity index (χ0) is 13.9. The summed E-state index contributed by atoms with van der Waals surface area (Å²) in [5, 5.41) is 10.0. The van der Waals surface area contributed by atoms with Gasteiger partial charge in [-0.3, -0.25) is 0 Å². The number of rotatable bonds is 10. The maximum absolute atomic E-state index is 10.0. The number of benzene rings is 1. The Labute approximate surface area is 126 Å². The van der Waals surface area contributed by atoms with Crippen molar-refractivity contribution in [3.05, 3.63) is 34.3 Å². The predicted molar refractivity (Wildman–Crippen MR) is 86.5 cm³/mol. The van der Waals surface area contributed by atoms with Gasteiger partial charge in [-0.15, -0.1) is 0 Å². The lowest BCUT2D eigenvalue weighted by Crippen LogP contribution is -2.10. The Morgan fingerprint density at radius 3 is 2.16 bits per heavy atom. The summed E-state index contributed by atoms with van der Waals surface area (Å²) in [7, 11) is 0. The topological polar surface area (TPSA) is 20.2 Å². The molecule has 1 rings (SSSR count). The van der Waals surface area contributed by atoms with Crippen LogP contribution in [0.2, 0.25) is 0 Å². The number of aliphatic hydroxyl groups excluding tert-OH is 1. The minimum atomic E-state index is -0.184. The molecular weight excluding hydrogens is 300 g/mol. The van der Waals surface area contributed by atoms with Crippen molar-refractivity contribution in [2.45, 2.75) is 70.8 Å². The summed E-state index contributed by atoms with van der Waals surface area (Å²) >= 11 is 3.43. The molecule has 0 aromatic heterocycles. The number of halogens is 1. The highest BCUT2D eigenvalue weighted by molar-refractivity contribution is 9.10. The van der Waals surface area contributed by atoms with E-state index >= 15 is 0 Å². The van der Waals surface area contributed by atoms with E-state index < -0.39 is 0 Å². The van der Waals surface area contributed by atoms with Crippen molar-refractivity contribution in [1.82, 2.24) is 0 Å². The summed E-state index contributed by atoms with van der Waals surface area (Å²) in [6.07, 6.45) is 10.7. The Hall–Kier alpha value is -0.340. The van der Waals surface area contributed by atoms with Crippen molar-refractivity contribution in [1.29, 1.82) is 0 Å². The molecule has 0 aliphatic carbocycles. The van der Waals surface area contributed by atoms with E-state index in [1.54, 1.807) is 0 Å². The van der Waals surface area contributed by atoms with Crippen molar-refractivity contribution in [2.24, 2.45) is 0 Å². The third-order valence-electron chi connectivity index (χ3n) is 3.53. The van der Waals surface area contributed by atoms with Crippen LogP contribution in [0.1, 0.15) is 63.9 Å². The Bertz CT molecular complexity index is 321. The van der Waals surface area contributed by atoms with Crippen molar-refractivity contribution in [3.63, 3.8) is 0 Å². The average Bonchev–Trinajstić information content (AvgIpc) is 2.40. The first-order valence-electron chi connectivity index (χ1n) is 7.65. The molecule has 0 fully saturated rings. The zero-order valence-electron chi connectivity index (χ0n) is 12.1. The van der Waals surface area contributed by atoms with E-state index in [2.05, 4.69) is 35.0 Å². The molecule has 0 aliphatic rings. The molecule has 0 aliphatic heterocycles. The van der Waals surface area contributed by atoms with Gasteiger partial charge in [-0.2, -0.15) is 0 Å². The first-order chi connectivity index (χ1) is 9.22. The fourth-order valence-corrected chi connectivity index (χ4v) is 2.60. The van der Waals surface area contributed by atoms with E-state index in [4.69, 9.17) is 0 Å². The van der Waals surface area contributed by atoms with Crippen LogP contribution in [0.3, 0.4) is 0 Å². The number of hydrogen-bond acceptors (Lipinski definition) is 1. The zero-order valence-corrected chi connectivity index (χ0v) is 13.7. The standard InChI is InChI=1S/C17H27BrO/c1-2-3-4-5-6-7-8-9-17(19)14-15-10-12-16(18)13-11-15/h10-13,17,19H,2-9,14H2,1H3. The summed E-state index contributed by atoms with van der Waals surface area (Å²) in [6, 6.07) is 8.24. The van der Waals surface area contributed by atoms with Crippen LogP contribution in [-0.4, -0.2) is 11.2 Å². The Morgan fingerprint density at radius 2 is 1.53 bits per heavy atom. The molecule has 0 heterocycles. The Balaban J connectivity index is 2.04. The predicted octanol–water partition coefficient (Wildman–Crippen LogP) is 5.49. The third-order valence-corrected chi connectivity index (χ3v) is 4.05. The van der Waals surface area contributed by atoms with Gasteiger partial charge in [0, 0.05) is 4.47 Å². The summed E-state index contributed by atoms with van der Waals surface area (Å²) < 4.78 is 1.10. The lowest BCUT2D eigenvalue weighted by molar-refractivity contribution is 0.161. The summed E-state index contributed by atoms with van der Waals surface area (Å²) in [5.74, 6) is 0. The van der Waals surface area contributed by atoms with Gasteiger partial charge in [-0.25, -0.2) is 0 Å². The van der Waals surface area contributed by atoms with Crippen LogP contribution in [0.4, 0.5) is 0 Å². The highest BCUT2D eigenvalue weighted by Crippen LogP contribution is 2.15. The van der Waals surface area contributed by atoms with Gasteiger partial charge in [0.15, 0.2) is 0 Å². The smallest absolute Gasteiger partial charge is 0.0580 e. The minimum absolute atomic E-state index is 0.184. The molecule has 0 bridgehead atoms. The van der Waals surface area contributed by atoms with Crippen LogP contribution in [0.25, 0.3) is 0 Å². The first-order valence-corrected chi connectivity index (χ1v) is 8.44. The highest BCUT2D eigenvalue weighted by atomic mass is 79.9. The molecule has 19 heavy (non-hydrogen) atoms. The van der Waals surface area contributed by atoms with E-state index in [0.717, 1.165) is 23.7 Å². The molecule has 1 aromatic carbocycles. The highest BCUT2D eigenvalue weighted by Gasteiger charge is 2.05. The van der Waals surface area contributed by atoms with E-state index in [1.807, 2.05) is 12.1 Å². The fourth-order valence-electron chi connectivity index (χ4n) is 2.33. The molecule has 0 saturated carbocycles. The molecule has 1 atom stereocenters.